The summed E-state index contributed by atoms with van der Waals surface area (Å²) in [7, 11) is 0. The van der Waals surface area contributed by atoms with Gasteiger partial charge in [-0.2, -0.15) is 0 Å². The van der Waals surface area contributed by atoms with E-state index in [1.165, 1.54) is 23.5 Å². The number of Topliss-reactive ketones (excluding diaryl/α,β-unsaturated/α-hetero) is 1. The van der Waals surface area contributed by atoms with Crippen molar-refractivity contribution in [1.29, 1.82) is 0 Å². The van der Waals surface area contributed by atoms with Gasteiger partial charge in [-0.25, -0.2) is 4.98 Å². The number of anilines is 1. The molecule has 0 atom stereocenters. The molecule has 10 heteroatoms. The van der Waals surface area contributed by atoms with Crippen LogP contribution < -0.4 is 5.32 Å². The molecular weight excluding hydrogens is 595 g/mol. The van der Waals surface area contributed by atoms with Crippen LogP contribution >= 0.6 is 23.2 Å². The summed E-state index contributed by atoms with van der Waals surface area (Å²) in [5.41, 5.74) is 3.73. The summed E-state index contributed by atoms with van der Waals surface area (Å²) in [5, 5.41) is 3.47. The van der Waals surface area contributed by atoms with Gasteiger partial charge < -0.3 is 14.8 Å². The topological polar surface area (TPSA) is 83.4 Å². The zero-order valence-corrected chi connectivity index (χ0v) is 25.6. The van der Waals surface area contributed by atoms with Gasteiger partial charge in [-0.1, -0.05) is 83.9 Å². The van der Waals surface area contributed by atoms with Crippen LogP contribution in [0.15, 0.2) is 97.6 Å². The number of carbonyl (C=O) groups is 2. The second kappa shape index (κ2) is 13.7. The second-order valence-corrected chi connectivity index (χ2v) is 11.6. The normalized spacial score (nSPS) is 14.2. The number of nitrogens with zero attached hydrogens (tertiary/aromatic N) is 5. The minimum atomic E-state index is -0.829. The average molecular weight is 628 g/mol. The Kier molecular flexibility index (Phi) is 9.33. The molecule has 6 rings (SSSR count). The fourth-order valence-electron chi connectivity index (χ4n) is 5.89. The van der Waals surface area contributed by atoms with Crippen LogP contribution in [0.2, 0.25) is 10.0 Å². The van der Waals surface area contributed by atoms with Gasteiger partial charge in [0.2, 0.25) is 0 Å². The highest BCUT2D eigenvalue weighted by Crippen LogP contribution is 2.31. The van der Waals surface area contributed by atoms with Gasteiger partial charge in [0.05, 0.1) is 27.3 Å². The van der Waals surface area contributed by atoms with Gasteiger partial charge in [-0.05, 0) is 36.2 Å². The summed E-state index contributed by atoms with van der Waals surface area (Å²) < 4.78 is 1.96. The third kappa shape index (κ3) is 6.54. The summed E-state index contributed by atoms with van der Waals surface area (Å²) in [6, 6.07) is 25.2. The molecule has 4 heterocycles. The number of hydrogen-bond donors (Lipinski definition) is 1. The first-order valence-electron chi connectivity index (χ1n) is 14.6. The van der Waals surface area contributed by atoms with Crippen molar-refractivity contribution in [3.63, 3.8) is 0 Å². The highest BCUT2D eigenvalue weighted by molar-refractivity contribution is 6.50. The fourth-order valence-corrected chi connectivity index (χ4v) is 6.35. The van der Waals surface area contributed by atoms with Gasteiger partial charge in [0.1, 0.15) is 5.65 Å². The van der Waals surface area contributed by atoms with Crippen LogP contribution in [0, 0.1) is 0 Å². The van der Waals surface area contributed by atoms with Crippen molar-refractivity contribution in [2.24, 2.45) is 0 Å². The Labute approximate surface area is 266 Å². The lowest BCUT2D eigenvalue weighted by molar-refractivity contribution is -0.112. The third-order valence-corrected chi connectivity index (χ3v) is 8.63. The van der Waals surface area contributed by atoms with Crippen molar-refractivity contribution >= 4 is 51.6 Å². The zero-order valence-electron chi connectivity index (χ0n) is 24.1. The molecule has 0 saturated carbocycles. The molecule has 1 N–H and O–H groups in total. The number of fused-ring (bicyclic) bond motifs is 1. The Bertz CT molecular complexity index is 1690. The van der Waals surface area contributed by atoms with Crippen LogP contribution in [0.4, 0.5) is 5.69 Å². The summed E-state index contributed by atoms with van der Waals surface area (Å²) in [5.74, 6) is -1.52. The average Bonchev–Trinajstić information content (AvgIpc) is 3.43. The van der Waals surface area contributed by atoms with Gasteiger partial charge in [-0.3, -0.25) is 19.5 Å². The zero-order chi connectivity index (χ0) is 30.5. The molecule has 1 fully saturated rings. The van der Waals surface area contributed by atoms with Crippen LogP contribution in [0.3, 0.4) is 0 Å². The molecule has 5 aromatic rings. The SMILES string of the molecule is O=C(Nc1c(Cl)cncc1Cl)C(=O)c1cn(CCCN2CCN(C(c3ccccc3)c3ccccc3)CC2)c2ncccc12. The lowest BCUT2D eigenvalue weighted by Gasteiger charge is -2.39. The van der Waals surface area contributed by atoms with E-state index in [9.17, 15) is 9.59 Å². The predicted octanol–water partition coefficient (Wildman–Crippen LogP) is 6.36. The number of rotatable bonds is 10. The van der Waals surface area contributed by atoms with E-state index in [-0.39, 0.29) is 27.3 Å². The highest BCUT2D eigenvalue weighted by Gasteiger charge is 2.27. The molecule has 0 unspecified atom stereocenters. The number of amides is 1. The van der Waals surface area contributed by atoms with E-state index in [1.54, 1.807) is 24.5 Å². The van der Waals surface area contributed by atoms with E-state index in [2.05, 4.69) is 85.7 Å². The molecule has 0 bridgehead atoms. The van der Waals surface area contributed by atoms with Crippen LogP contribution in [-0.4, -0.2) is 68.7 Å². The van der Waals surface area contributed by atoms with E-state index >= 15 is 0 Å². The molecule has 2 aromatic carbocycles. The lowest BCUT2D eigenvalue weighted by Crippen LogP contribution is -2.48. The Morgan fingerprint density at radius 2 is 1.45 bits per heavy atom. The van der Waals surface area contributed by atoms with Crippen LogP contribution in [-0.2, 0) is 11.3 Å². The maximum absolute atomic E-state index is 13.2. The van der Waals surface area contributed by atoms with Gasteiger partial charge >= 0.3 is 0 Å². The maximum Gasteiger partial charge on any atom is 0.296 e. The number of carbonyl (C=O) groups excluding carboxylic acids is 2. The lowest BCUT2D eigenvalue weighted by atomic mass is 9.96. The second-order valence-electron chi connectivity index (χ2n) is 10.8. The van der Waals surface area contributed by atoms with E-state index in [4.69, 9.17) is 23.2 Å². The smallest absolute Gasteiger partial charge is 0.296 e. The Morgan fingerprint density at radius 3 is 2.09 bits per heavy atom. The molecule has 3 aromatic heterocycles. The van der Waals surface area contributed by atoms with Crippen molar-refractivity contribution in [3.05, 3.63) is 124 Å². The van der Waals surface area contributed by atoms with Crippen molar-refractivity contribution < 1.29 is 9.59 Å². The van der Waals surface area contributed by atoms with Crippen molar-refractivity contribution in [1.82, 2.24) is 24.3 Å². The summed E-state index contributed by atoms with van der Waals surface area (Å²) >= 11 is 12.3. The molecule has 1 amide bonds. The molecule has 44 heavy (non-hydrogen) atoms. The van der Waals surface area contributed by atoms with Crippen LogP contribution in [0.25, 0.3) is 11.0 Å². The van der Waals surface area contributed by atoms with Crippen molar-refractivity contribution in [2.75, 3.05) is 38.0 Å². The maximum atomic E-state index is 13.2. The fraction of sp³-hybridized carbons (Fsp3) is 0.235. The van der Waals surface area contributed by atoms with E-state index in [1.807, 2.05) is 4.57 Å². The number of aromatic nitrogens is 3. The number of nitrogens with one attached hydrogen (secondary N) is 1. The van der Waals surface area contributed by atoms with Crippen LogP contribution in [0.1, 0.15) is 33.9 Å². The minimum absolute atomic E-state index is 0.152. The van der Waals surface area contributed by atoms with E-state index in [0.717, 1.165) is 39.1 Å². The van der Waals surface area contributed by atoms with Gasteiger partial charge in [0.15, 0.2) is 0 Å². The number of benzene rings is 2. The molecule has 224 valence electrons. The molecule has 8 nitrogen and oxygen atoms in total. The van der Waals surface area contributed by atoms with E-state index < -0.39 is 11.7 Å². The van der Waals surface area contributed by atoms with Gasteiger partial charge in [0.25, 0.3) is 11.7 Å². The predicted molar refractivity (Wildman–Crippen MR) is 174 cm³/mol. The largest absolute Gasteiger partial charge is 0.332 e. The molecule has 0 radical (unpaired) electrons. The molecule has 1 aliphatic heterocycles. The molecule has 1 saturated heterocycles. The number of pyridine rings is 2. The van der Waals surface area contributed by atoms with Gasteiger partial charge in [-0.15, -0.1) is 0 Å². The first-order valence-corrected chi connectivity index (χ1v) is 15.4. The number of hydrogen-bond acceptors (Lipinski definition) is 6. The van der Waals surface area contributed by atoms with Crippen molar-refractivity contribution in [2.45, 2.75) is 19.0 Å². The molecule has 1 aliphatic rings. The monoisotopic (exact) mass is 626 g/mol. The summed E-state index contributed by atoms with van der Waals surface area (Å²) in [6.45, 7) is 5.49. The first kappa shape index (κ1) is 30.0. The Morgan fingerprint density at radius 1 is 0.818 bits per heavy atom. The number of ketones is 1. The summed E-state index contributed by atoms with van der Waals surface area (Å²) in [4.78, 5) is 39.6. The summed E-state index contributed by atoms with van der Waals surface area (Å²) in [6.07, 6.45) is 7.00. The van der Waals surface area contributed by atoms with Gasteiger partial charge in [0, 0.05) is 62.9 Å². The standard InChI is InChI=1S/C34H32Cl2N6O2/c35-28-21-37-22-29(36)30(28)39-34(44)32(43)27-23-42(33-26(27)13-7-14-38-33)16-8-15-40-17-19-41(20-18-40)31(24-9-3-1-4-10-24)25-11-5-2-6-12-25/h1-7,9-14,21-23,31H,8,15-20H2,(H,37,39,44). The first-order chi connectivity index (χ1) is 21.5. The number of piperazine rings is 1. The third-order valence-electron chi connectivity index (χ3n) is 8.05. The quantitative estimate of drug-likeness (QED) is 0.143. The minimum Gasteiger partial charge on any atom is -0.332 e. The number of halogens is 2. The number of aryl methyl sites for hydroxylation is 1. The molecule has 0 aliphatic carbocycles. The Balaban J connectivity index is 1.09. The highest BCUT2D eigenvalue weighted by atomic mass is 35.5. The van der Waals surface area contributed by atoms with Crippen molar-refractivity contribution in [3.8, 4) is 0 Å². The Hall–Kier alpha value is -4.08. The molecule has 0 spiro atoms. The van der Waals surface area contributed by atoms with Crippen LogP contribution in [0.5, 0.6) is 0 Å². The van der Waals surface area contributed by atoms with E-state index in [0.29, 0.717) is 17.6 Å². The molecular formula is C34H32Cl2N6O2.